The molecule has 0 amide bonds. The fourth-order valence-electron chi connectivity index (χ4n) is 4.19. The normalized spacial score (nSPS) is 20.3. The maximum atomic E-state index is 14.1. The maximum absolute atomic E-state index is 14.1. The molecule has 3 rings (SSSR count). The summed E-state index contributed by atoms with van der Waals surface area (Å²) in [6.07, 6.45) is 10.5. The summed E-state index contributed by atoms with van der Waals surface area (Å²) in [5.74, 6) is 0.430. The van der Waals surface area contributed by atoms with Gasteiger partial charge in [-0.3, -0.25) is 0 Å². The van der Waals surface area contributed by atoms with Crippen molar-refractivity contribution in [3.8, 4) is 11.1 Å². The van der Waals surface area contributed by atoms with Gasteiger partial charge in [0, 0.05) is 11.6 Å². The first kappa shape index (κ1) is 18.9. The third-order valence-electron chi connectivity index (χ3n) is 5.84. The van der Waals surface area contributed by atoms with E-state index in [1.165, 1.54) is 63.0 Å². The van der Waals surface area contributed by atoms with E-state index in [1.807, 2.05) is 12.1 Å². The van der Waals surface area contributed by atoms with Crippen LogP contribution in [0.25, 0.3) is 11.1 Å². The van der Waals surface area contributed by atoms with Crippen molar-refractivity contribution >= 4 is 5.69 Å². The second-order valence-corrected chi connectivity index (χ2v) is 7.69. The van der Waals surface area contributed by atoms with Crippen molar-refractivity contribution in [2.24, 2.45) is 5.92 Å². The van der Waals surface area contributed by atoms with Crippen LogP contribution in [0.15, 0.2) is 36.4 Å². The molecule has 0 unspecified atom stereocenters. The number of benzene rings is 2. The molecule has 140 valence electrons. The molecule has 0 atom stereocenters. The summed E-state index contributed by atoms with van der Waals surface area (Å²) in [4.78, 5) is 0. The number of hydrogen-bond acceptors (Lipinski definition) is 1. The average Bonchev–Trinajstić information content (AvgIpc) is 2.66. The average molecular weight is 357 g/mol. The molecule has 0 saturated heterocycles. The molecule has 2 aromatic carbocycles. The standard InChI is InChI=1S/C23H29F2N/c1-2-3-4-5-16-6-8-17(9-7-16)18-10-12-19(13-11-18)20-14-22(25)23(26)15-21(20)24/h10-17H,2-9,26H2,1H3. The Balaban J connectivity index is 1.63. The summed E-state index contributed by atoms with van der Waals surface area (Å²) in [6, 6.07) is 10.2. The molecule has 1 nitrogen and oxygen atoms in total. The highest BCUT2D eigenvalue weighted by Gasteiger charge is 2.22. The Morgan fingerprint density at radius 2 is 1.62 bits per heavy atom. The molecular weight excluding hydrogens is 328 g/mol. The third-order valence-corrected chi connectivity index (χ3v) is 5.84. The molecule has 3 heteroatoms. The molecule has 2 aromatic rings. The van der Waals surface area contributed by atoms with Crippen LogP contribution in [0.1, 0.15) is 69.8 Å². The third kappa shape index (κ3) is 4.44. The van der Waals surface area contributed by atoms with E-state index in [9.17, 15) is 8.78 Å². The molecule has 1 saturated carbocycles. The van der Waals surface area contributed by atoms with Crippen molar-refractivity contribution in [1.82, 2.24) is 0 Å². The second kappa shape index (κ2) is 8.66. The maximum Gasteiger partial charge on any atom is 0.146 e. The SMILES string of the molecule is CCCCCC1CCC(c2ccc(-c3cc(F)c(N)cc3F)cc2)CC1. The van der Waals surface area contributed by atoms with Gasteiger partial charge in [0.15, 0.2) is 0 Å². The first-order chi connectivity index (χ1) is 12.6. The van der Waals surface area contributed by atoms with Crippen molar-refractivity contribution in [1.29, 1.82) is 0 Å². The predicted octanol–water partition coefficient (Wildman–Crippen LogP) is 7.07. The first-order valence-corrected chi connectivity index (χ1v) is 9.93. The minimum Gasteiger partial charge on any atom is -0.396 e. The van der Waals surface area contributed by atoms with Gasteiger partial charge >= 0.3 is 0 Å². The summed E-state index contributed by atoms with van der Waals surface area (Å²) in [7, 11) is 0. The molecule has 1 aliphatic rings. The van der Waals surface area contributed by atoms with Gasteiger partial charge in [0.2, 0.25) is 0 Å². The molecule has 2 N–H and O–H groups in total. The van der Waals surface area contributed by atoms with Crippen molar-refractivity contribution in [3.63, 3.8) is 0 Å². The Kier molecular flexibility index (Phi) is 6.29. The molecule has 0 radical (unpaired) electrons. The first-order valence-electron chi connectivity index (χ1n) is 9.93. The van der Waals surface area contributed by atoms with Crippen molar-refractivity contribution in [3.05, 3.63) is 53.6 Å². The zero-order valence-electron chi connectivity index (χ0n) is 15.6. The lowest BCUT2D eigenvalue weighted by Crippen LogP contribution is -2.13. The molecular formula is C23H29F2N. The van der Waals surface area contributed by atoms with Crippen LogP contribution in [-0.2, 0) is 0 Å². The van der Waals surface area contributed by atoms with E-state index >= 15 is 0 Å². The number of nitrogens with two attached hydrogens (primary N) is 1. The van der Waals surface area contributed by atoms with E-state index in [4.69, 9.17) is 5.73 Å². The van der Waals surface area contributed by atoms with E-state index in [1.54, 1.807) is 0 Å². The van der Waals surface area contributed by atoms with Gasteiger partial charge in [-0.15, -0.1) is 0 Å². The van der Waals surface area contributed by atoms with Crippen LogP contribution in [0, 0.1) is 17.6 Å². The Morgan fingerprint density at radius 1 is 0.923 bits per heavy atom. The van der Waals surface area contributed by atoms with Crippen LogP contribution in [0.4, 0.5) is 14.5 Å². The lowest BCUT2D eigenvalue weighted by molar-refractivity contribution is 0.303. The summed E-state index contributed by atoms with van der Waals surface area (Å²) in [5, 5.41) is 0. The number of rotatable bonds is 6. The lowest BCUT2D eigenvalue weighted by Gasteiger charge is -2.29. The number of halogens is 2. The molecule has 26 heavy (non-hydrogen) atoms. The molecule has 0 heterocycles. The summed E-state index contributed by atoms with van der Waals surface area (Å²) in [5.41, 5.74) is 7.55. The molecule has 0 aromatic heterocycles. The van der Waals surface area contributed by atoms with Gasteiger partial charge < -0.3 is 5.73 Å². The molecule has 1 aliphatic carbocycles. The van der Waals surface area contributed by atoms with Crippen molar-refractivity contribution < 1.29 is 8.78 Å². The monoisotopic (exact) mass is 357 g/mol. The van der Waals surface area contributed by atoms with Gasteiger partial charge in [-0.2, -0.15) is 0 Å². The number of nitrogen functional groups attached to an aromatic ring is 1. The molecule has 0 spiro atoms. The van der Waals surface area contributed by atoms with E-state index in [-0.39, 0.29) is 11.3 Å². The van der Waals surface area contributed by atoms with E-state index in [2.05, 4.69) is 19.1 Å². The summed E-state index contributed by atoms with van der Waals surface area (Å²) in [6.45, 7) is 2.26. The fraction of sp³-hybridized carbons (Fsp3) is 0.478. The highest BCUT2D eigenvalue weighted by Crippen LogP contribution is 2.38. The highest BCUT2D eigenvalue weighted by molar-refractivity contribution is 5.67. The van der Waals surface area contributed by atoms with Crippen LogP contribution in [-0.4, -0.2) is 0 Å². The quantitative estimate of drug-likeness (QED) is 0.434. The predicted molar refractivity (Wildman–Crippen MR) is 105 cm³/mol. The number of hydrogen-bond donors (Lipinski definition) is 1. The van der Waals surface area contributed by atoms with Gasteiger partial charge in [-0.25, -0.2) is 8.78 Å². The minimum atomic E-state index is -0.577. The Labute approximate surface area is 155 Å². The Hall–Kier alpha value is -1.90. The topological polar surface area (TPSA) is 26.0 Å². The lowest BCUT2D eigenvalue weighted by atomic mass is 9.77. The fourth-order valence-corrected chi connectivity index (χ4v) is 4.19. The van der Waals surface area contributed by atoms with Gasteiger partial charge in [0.05, 0.1) is 5.69 Å². The number of unbranched alkanes of at least 4 members (excludes halogenated alkanes) is 2. The zero-order valence-corrected chi connectivity index (χ0v) is 15.6. The minimum absolute atomic E-state index is 0.154. The largest absolute Gasteiger partial charge is 0.396 e. The molecule has 0 bridgehead atoms. The Morgan fingerprint density at radius 3 is 2.27 bits per heavy atom. The van der Waals surface area contributed by atoms with E-state index in [0.29, 0.717) is 11.5 Å². The van der Waals surface area contributed by atoms with Crippen LogP contribution in [0.3, 0.4) is 0 Å². The van der Waals surface area contributed by atoms with Gasteiger partial charge in [-0.05, 0) is 54.7 Å². The summed E-state index contributed by atoms with van der Waals surface area (Å²) >= 11 is 0. The highest BCUT2D eigenvalue weighted by atomic mass is 19.1. The van der Waals surface area contributed by atoms with Gasteiger partial charge in [-0.1, -0.05) is 56.9 Å². The van der Waals surface area contributed by atoms with Crippen LogP contribution < -0.4 is 5.73 Å². The van der Waals surface area contributed by atoms with Gasteiger partial charge in [0.1, 0.15) is 11.6 Å². The van der Waals surface area contributed by atoms with Gasteiger partial charge in [0.25, 0.3) is 0 Å². The van der Waals surface area contributed by atoms with Crippen LogP contribution in [0.2, 0.25) is 0 Å². The smallest absolute Gasteiger partial charge is 0.146 e. The van der Waals surface area contributed by atoms with Crippen LogP contribution in [0.5, 0.6) is 0 Å². The van der Waals surface area contributed by atoms with E-state index < -0.39 is 11.6 Å². The summed E-state index contributed by atoms with van der Waals surface area (Å²) < 4.78 is 27.8. The zero-order chi connectivity index (χ0) is 18.5. The number of anilines is 1. The Bertz CT molecular complexity index is 716. The van der Waals surface area contributed by atoms with E-state index in [0.717, 1.165) is 12.0 Å². The van der Waals surface area contributed by atoms with Crippen molar-refractivity contribution in [2.45, 2.75) is 64.2 Å². The molecule has 0 aliphatic heterocycles. The second-order valence-electron chi connectivity index (χ2n) is 7.69. The molecule has 1 fully saturated rings. The van der Waals surface area contributed by atoms with Crippen LogP contribution >= 0.6 is 0 Å². The van der Waals surface area contributed by atoms with Crippen molar-refractivity contribution in [2.75, 3.05) is 5.73 Å².